The largest absolute Gasteiger partial charge is 0.486 e. The maximum absolute atomic E-state index is 6.92. The summed E-state index contributed by atoms with van der Waals surface area (Å²) in [5.74, 6) is 2.22. The van der Waals surface area contributed by atoms with Crippen molar-refractivity contribution in [3.05, 3.63) is 28.8 Å². The Hall–Kier alpha value is -1.06. The van der Waals surface area contributed by atoms with Crippen molar-refractivity contribution >= 4 is 0 Å². The topological polar surface area (TPSA) is 21.7 Å². The summed E-state index contributed by atoms with van der Waals surface area (Å²) < 4.78 is 13.2. The summed E-state index contributed by atoms with van der Waals surface area (Å²) in [6, 6.07) is 5.46. The van der Waals surface area contributed by atoms with Gasteiger partial charge in [0.1, 0.15) is 17.5 Å². The number of ether oxygens (including phenoxy) is 2. The molecule has 144 valence electrons. The molecule has 2 aliphatic heterocycles. The fraction of sp³-hybridized carbons (Fsp3) is 0.750. The highest BCUT2D eigenvalue weighted by Gasteiger charge is 2.78. The zero-order valence-corrected chi connectivity index (χ0v) is 16.7. The molecule has 0 radical (unpaired) electrons. The number of likely N-dealkylation sites (tertiary alicyclic amines) is 1. The summed E-state index contributed by atoms with van der Waals surface area (Å²) in [6.45, 7) is 4.85. The SMILES string of the molecule is COC12CCC3(CC1)C1Cc4ccc(C)c5c4C3(CCN1CC1CC1)C2O5. The first-order valence-corrected chi connectivity index (χ1v) is 11.2. The zero-order valence-electron chi connectivity index (χ0n) is 16.7. The first-order chi connectivity index (χ1) is 13.1. The van der Waals surface area contributed by atoms with E-state index in [0.717, 1.165) is 5.92 Å². The third-order valence-electron chi connectivity index (χ3n) is 9.81. The van der Waals surface area contributed by atoms with Crippen molar-refractivity contribution in [2.45, 2.75) is 81.5 Å². The molecule has 1 aromatic rings. The highest BCUT2D eigenvalue weighted by molar-refractivity contribution is 5.60. The number of benzene rings is 1. The van der Waals surface area contributed by atoms with Gasteiger partial charge in [0.05, 0.1) is 0 Å². The Kier molecular flexibility index (Phi) is 2.77. The van der Waals surface area contributed by atoms with Gasteiger partial charge in [-0.3, -0.25) is 4.90 Å². The van der Waals surface area contributed by atoms with E-state index in [4.69, 9.17) is 9.47 Å². The average molecular weight is 366 g/mol. The highest BCUT2D eigenvalue weighted by Crippen LogP contribution is 2.75. The normalized spacial score (nSPS) is 46.3. The van der Waals surface area contributed by atoms with Crippen LogP contribution in [0.15, 0.2) is 12.1 Å². The van der Waals surface area contributed by atoms with Crippen LogP contribution in [0.25, 0.3) is 0 Å². The molecule has 3 atom stereocenters. The Labute approximate surface area is 162 Å². The van der Waals surface area contributed by atoms with E-state index >= 15 is 0 Å². The molecule has 3 unspecified atom stereocenters. The second-order valence-corrected chi connectivity index (χ2v) is 10.5. The third kappa shape index (κ3) is 1.59. The van der Waals surface area contributed by atoms with Gasteiger partial charge in [0, 0.05) is 30.7 Å². The highest BCUT2D eigenvalue weighted by atomic mass is 16.6. The molecule has 8 rings (SSSR count). The minimum atomic E-state index is -0.0645. The summed E-state index contributed by atoms with van der Waals surface area (Å²) in [6.07, 6.45) is 10.7. The van der Waals surface area contributed by atoms with Gasteiger partial charge in [0.25, 0.3) is 0 Å². The number of piperidine rings is 1. The van der Waals surface area contributed by atoms with E-state index in [9.17, 15) is 0 Å². The van der Waals surface area contributed by atoms with Gasteiger partial charge in [-0.05, 0) is 87.3 Å². The van der Waals surface area contributed by atoms with Crippen molar-refractivity contribution in [2.24, 2.45) is 11.3 Å². The number of fused-ring (bicyclic) bond motifs is 2. The first-order valence-electron chi connectivity index (χ1n) is 11.2. The van der Waals surface area contributed by atoms with E-state index in [2.05, 4.69) is 24.0 Å². The number of methoxy groups -OCH3 is 1. The van der Waals surface area contributed by atoms with E-state index in [1.807, 2.05) is 7.11 Å². The van der Waals surface area contributed by atoms with Crippen LogP contribution in [0.5, 0.6) is 5.75 Å². The van der Waals surface area contributed by atoms with Crippen molar-refractivity contribution in [2.75, 3.05) is 20.2 Å². The van der Waals surface area contributed by atoms with Crippen LogP contribution in [0.3, 0.4) is 0 Å². The average Bonchev–Trinajstić information content (AvgIpc) is 3.43. The smallest absolute Gasteiger partial charge is 0.138 e. The zero-order chi connectivity index (χ0) is 18.0. The second kappa shape index (κ2) is 4.74. The number of aryl methyl sites for hydroxylation is 1. The fourth-order valence-electron chi connectivity index (χ4n) is 8.44. The van der Waals surface area contributed by atoms with E-state index in [0.29, 0.717) is 11.5 Å². The minimum absolute atomic E-state index is 0.0645. The Morgan fingerprint density at radius 2 is 1.96 bits per heavy atom. The van der Waals surface area contributed by atoms with Crippen LogP contribution in [-0.2, 0) is 16.6 Å². The van der Waals surface area contributed by atoms with E-state index < -0.39 is 0 Å². The van der Waals surface area contributed by atoms with Gasteiger partial charge in [-0.15, -0.1) is 0 Å². The molecular weight excluding hydrogens is 334 g/mol. The number of nitrogens with zero attached hydrogens (tertiary/aromatic N) is 1. The second-order valence-electron chi connectivity index (χ2n) is 10.5. The summed E-state index contributed by atoms with van der Waals surface area (Å²) in [7, 11) is 1.94. The maximum atomic E-state index is 6.92. The Bertz CT molecular complexity index is 835. The molecule has 1 aromatic carbocycles. The van der Waals surface area contributed by atoms with Crippen molar-refractivity contribution in [1.82, 2.24) is 4.90 Å². The molecule has 3 nitrogen and oxygen atoms in total. The molecule has 4 saturated carbocycles. The summed E-state index contributed by atoms with van der Waals surface area (Å²) in [5.41, 5.74) is 5.10. The van der Waals surface area contributed by atoms with E-state index in [1.165, 1.54) is 75.8 Å². The van der Waals surface area contributed by atoms with Crippen molar-refractivity contribution in [1.29, 1.82) is 0 Å². The van der Waals surface area contributed by atoms with Crippen LogP contribution < -0.4 is 4.74 Å². The Morgan fingerprint density at radius 1 is 1.15 bits per heavy atom. The molecular formula is C24H31NO2. The predicted octanol–water partition coefficient (Wildman–Crippen LogP) is 3.99. The summed E-state index contributed by atoms with van der Waals surface area (Å²) in [5, 5.41) is 0. The maximum Gasteiger partial charge on any atom is 0.138 e. The van der Waals surface area contributed by atoms with Crippen molar-refractivity contribution in [3.63, 3.8) is 0 Å². The molecule has 5 fully saturated rings. The Morgan fingerprint density at radius 3 is 2.70 bits per heavy atom. The van der Waals surface area contributed by atoms with Gasteiger partial charge in [0.15, 0.2) is 0 Å². The molecule has 0 aromatic heterocycles. The van der Waals surface area contributed by atoms with Gasteiger partial charge in [-0.25, -0.2) is 0 Å². The van der Waals surface area contributed by atoms with Gasteiger partial charge in [0.2, 0.25) is 0 Å². The molecule has 3 heteroatoms. The molecule has 0 amide bonds. The quantitative estimate of drug-likeness (QED) is 0.808. The molecule has 2 heterocycles. The first kappa shape index (κ1) is 15.8. The van der Waals surface area contributed by atoms with Gasteiger partial charge < -0.3 is 9.47 Å². The van der Waals surface area contributed by atoms with E-state index in [1.54, 1.807) is 11.1 Å². The van der Waals surface area contributed by atoms with Crippen LogP contribution in [0.4, 0.5) is 0 Å². The molecule has 7 aliphatic rings. The van der Waals surface area contributed by atoms with E-state index in [-0.39, 0.29) is 17.1 Å². The van der Waals surface area contributed by atoms with Crippen LogP contribution in [0, 0.1) is 18.3 Å². The molecule has 5 aliphatic carbocycles. The third-order valence-corrected chi connectivity index (χ3v) is 9.81. The molecule has 27 heavy (non-hydrogen) atoms. The van der Waals surface area contributed by atoms with Crippen molar-refractivity contribution < 1.29 is 9.47 Å². The fourth-order valence-corrected chi connectivity index (χ4v) is 8.44. The minimum Gasteiger partial charge on any atom is -0.486 e. The van der Waals surface area contributed by atoms with Gasteiger partial charge in [-0.1, -0.05) is 12.1 Å². The van der Waals surface area contributed by atoms with Crippen LogP contribution in [0.2, 0.25) is 0 Å². The lowest BCUT2D eigenvalue weighted by Crippen LogP contribution is -2.78. The number of rotatable bonds is 3. The lowest BCUT2D eigenvalue weighted by molar-refractivity contribution is -0.251. The molecule has 4 bridgehead atoms. The monoisotopic (exact) mass is 365 g/mol. The number of hydrogen-bond donors (Lipinski definition) is 0. The predicted molar refractivity (Wildman–Crippen MR) is 104 cm³/mol. The van der Waals surface area contributed by atoms with Crippen molar-refractivity contribution in [3.8, 4) is 5.75 Å². The lowest BCUT2D eigenvalue weighted by Gasteiger charge is -2.72. The van der Waals surface area contributed by atoms with Gasteiger partial charge >= 0.3 is 0 Å². The van der Waals surface area contributed by atoms with Crippen LogP contribution >= 0.6 is 0 Å². The summed E-state index contributed by atoms with van der Waals surface area (Å²) in [4.78, 5) is 2.92. The molecule has 1 saturated heterocycles. The van der Waals surface area contributed by atoms with Gasteiger partial charge in [-0.2, -0.15) is 0 Å². The standard InChI is InChI=1S/C24H31NO2/c1-15-3-6-17-13-18-22-7-9-23(26-2,10-8-22)21-24(22,19(17)20(15)27-21)11-12-25(18)14-16-4-5-16/h3,6,16,18,21H,4-5,7-14H2,1-2H3. The number of hydrogen-bond acceptors (Lipinski definition) is 3. The van der Waals surface area contributed by atoms with Crippen LogP contribution in [0.1, 0.15) is 61.6 Å². The lowest BCUT2D eigenvalue weighted by atomic mass is 9.36. The Balaban J connectivity index is 1.48. The summed E-state index contributed by atoms with van der Waals surface area (Å²) >= 11 is 0. The molecule has 0 N–H and O–H groups in total. The molecule has 2 spiro atoms. The van der Waals surface area contributed by atoms with Crippen LogP contribution in [-0.4, -0.2) is 42.8 Å².